The van der Waals surface area contributed by atoms with Crippen molar-refractivity contribution >= 4 is 39.1 Å². The molecule has 9 aromatic carbocycles. The molecule has 316 valence electrons. The lowest BCUT2D eigenvalue weighted by Crippen LogP contribution is -2.32. The second-order valence-electron chi connectivity index (χ2n) is 18.6. The van der Waals surface area contributed by atoms with E-state index in [1.165, 1.54) is 44.5 Å². The Bertz CT molecular complexity index is 3800. The van der Waals surface area contributed by atoms with E-state index in [0.717, 1.165) is 84.0 Å². The lowest BCUT2D eigenvalue weighted by atomic mass is 9.66. The summed E-state index contributed by atoms with van der Waals surface area (Å²) in [6.07, 6.45) is 2.07. The Morgan fingerprint density at radius 3 is 1.75 bits per heavy atom. The molecule has 3 aliphatic rings. The Kier molecular flexibility index (Phi) is 7.92. The smallest absolute Gasteiger partial charge is 0.138 e. The van der Waals surface area contributed by atoms with Crippen LogP contribution < -0.4 is 9.64 Å². The molecular formula is C63H42N2O2. The summed E-state index contributed by atoms with van der Waals surface area (Å²) in [5.41, 5.74) is 19.6. The van der Waals surface area contributed by atoms with Crippen LogP contribution in [0.3, 0.4) is 0 Å². The van der Waals surface area contributed by atoms with Crippen LogP contribution in [0.25, 0.3) is 66.4 Å². The standard InChI is InChI=1S/C63H42N2O2/c1-62(2)50-24-10-6-19-42(50)45-33-31-40(35-54(45)62)65(60-37-48(39-17-4-3-5-18-39)49(38-64-60)46-23-16-30-59-61(46)47-22-9-14-28-56(47)66-59)41-32-34-58-55(36-41)63(53-27-13-15-29-57(53)67-58)51-25-11-7-20-43(51)44-21-8-12-26-52(44)63/h3-38H,1-2H3. The lowest BCUT2D eigenvalue weighted by Gasteiger charge is -2.40. The van der Waals surface area contributed by atoms with E-state index in [2.05, 4.69) is 225 Å². The van der Waals surface area contributed by atoms with Crippen LogP contribution in [0, 0.1) is 0 Å². The monoisotopic (exact) mass is 858 g/mol. The highest BCUT2D eigenvalue weighted by Gasteiger charge is 2.51. The molecular weight excluding hydrogens is 817 g/mol. The molecule has 0 bridgehead atoms. The maximum absolute atomic E-state index is 6.92. The van der Waals surface area contributed by atoms with Crippen molar-refractivity contribution in [2.75, 3.05) is 4.90 Å². The number of hydrogen-bond donors (Lipinski definition) is 0. The van der Waals surface area contributed by atoms with Crippen molar-refractivity contribution in [1.29, 1.82) is 0 Å². The van der Waals surface area contributed by atoms with Gasteiger partial charge in [0.1, 0.15) is 28.5 Å². The molecule has 0 radical (unpaired) electrons. The average Bonchev–Trinajstić information content (AvgIpc) is 3.99. The number of fused-ring (bicyclic) bond motifs is 15. The fourth-order valence-corrected chi connectivity index (χ4v) is 11.9. The Labute approximate surface area is 389 Å². The molecule has 0 N–H and O–H groups in total. The third-order valence-electron chi connectivity index (χ3n) is 14.8. The number of para-hydroxylation sites is 2. The van der Waals surface area contributed by atoms with E-state index in [1.807, 2.05) is 12.1 Å². The first kappa shape index (κ1) is 37.9. The van der Waals surface area contributed by atoms with Gasteiger partial charge in [-0.2, -0.15) is 0 Å². The predicted octanol–water partition coefficient (Wildman–Crippen LogP) is 16.6. The number of anilines is 3. The molecule has 2 aliphatic carbocycles. The van der Waals surface area contributed by atoms with Crippen molar-refractivity contribution in [1.82, 2.24) is 4.98 Å². The third kappa shape index (κ3) is 5.27. The van der Waals surface area contributed by atoms with E-state index in [-0.39, 0.29) is 5.41 Å². The van der Waals surface area contributed by atoms with Gasteiger partial charge in [0.05, 0.1) is 5.41 Å². The molecule has 4 heteroatoms. The fourth-order valence-electron chi connectivity index (χ4n) is 11.9. The van der Waals surface area contributed by atoms with Crippen LogP contribution in [0.2, 0.25) is 0 Å². The number of furan rings is 1. The minimum Gasteiger partial charge on any atom is -0.457 e. The molecule has 4 nitrogen and oxygen atoms in total. The van der Waals surface area contributed by atoms with E-state index < -0.39 is 5.41 Å². The number of nitrogens with zero attached hydrogens (tertiary/aromatic N) is 2. The zero-order chi connectivity index (χ0) is 44.4. The summed E-state index contributed by atoms with van der Waals surface area (Å²) in [7, 11) is 0. The molecule has 0 unspecified atom stereocenters. The van der Waals surface area contributed by atoms with Gasteiger partial charge in [0.25, 0.3) is 0 Å². The summed E-state index contributed by atoms with van der Waals surface area (Å²) >= 11 is 0. The Balaban J connectivity index is 1.04. The quantitative estimate of drug-likeness (QED) is 0.173. The van der Waals surface area contributed by atoms with Gasteiger partial charge in [-0.1, -0.05) is 172 Å². The zero-order valence-corrected chi connectivity index (χ0v) is 37.0. The van der Waals surface area contributed by atoms with Crippen molar-refractivity contribution in [3.63, 3.8) is 0 Å². The average molecular weight is 859 g/mol. The van der Waals surface area contributed by atoms with Gasteiger partial charge in [-0.25, -0.2) is 4.98 Å². The second kappa shape index (κ2) is 14.0. The highest BCUT2D eigenvalue weighted by atomic mass is 16.5. The Morgan fingerprint density at radius 1 is 0.403 bits per heavy atom. The summed E-state index contributed by atoms with van der Waals surface area (Å²) in [5, 5.41) is 2.17. The molecule has 1 spiro atoms. The summed E-state index contributed by atoms with van der Waals surface area (Å²) in [6, 6.07) is 76.6. The van der Waals surface area contributed by atoms with Crippen molar-refractivity contribution in [3.8, 4) is 56.0 Å². The first-order chi connectivity index (χ1) is 33.0. The topological polar surface area (TPSA) is 38.5 Å². The van der Waals surface area contributed by atoms with Crippen LogP contribution in [0.15, 0.2) is 223 Å². The molecule has 0 fully saturated rings. The van der Waals surface area contributed by atoms with Crippen LogP contribution >= 0.6 is 0 Å². The highest BCUT2D eigenvalue weighted by Crippen LogP contribution is 2.63. The van der Waals surface area contributed by atoms with E-state index in [1.54, 1.807) is 0 Å². The molecule has 2 aromatic heterocycles. The second-order valence-corrected chi connectivity index (χ2v) is 18.6. The van der Waals surface area contributed by atoms with E-state index in [0.29, 0.717) is 0 Å². The largest absolute Gasteiger partial charge is 0.457 e. The minimum absolute atomic E-state index is 0.207. The van der Waals surface area contributed by atoms with E-state index >= 15 is 0 Å². The van der Waals surface area contributed by atoms with Gasteiger partial charge in [0, 0.05) is 50.4 Å². The molecule has 0 amide bonds. The number of ether oxygens (including phenoxy) is 1. The molecule has 14 rings (SSSR count). The lowest BCUT2D eigenvalue weighted by molar-refractivity contribution is 0.436. The van der Waals surface area contributed by atoms with Gasteiger partial charge >= 0.3 is 0 Å². The van der Waals surface area contributed by atoms with E-state index in [4.69, 9.17) is 14.1 Å². The molecule has 3 heterocycles. The van der Waals surface area contributed by atoms with Gasteiger partial charge in [0.15, 0.2) is 0 Å². The first-order valence-corrected chi connectivity index (χ1v) is 23.1. The molecule has 67 heavy (non-hydrogen) atoms. The summed E-state index contributed by atoms with van der Waals surface area (Å²) in [5.74, 6) is 2.52. The van der Waals surface area contributed by atoms with Crippen LogP contribution in [-0.2, 0) is 10.8 Å². The summed E-state index contributed by atoms with van der Waals surface area (Å²) in [6.45, 7) is 4.69. The summed E-state index contributed by atoms with van der Waals surface area (Å²) in [4.78, 5) is 7.86. The van der Waals surface area contributed by atoms with Gasteiger partial charge in [-0.15, -0.1) is 0 Å². The number of aromatic nitrogens is 1. The van der Waals surface area contributed by atoms with Crippen molar-refractivity contribution in [3.05, 3.63) is 252 Å². The van der Waals surface area contributed by atoms with Gasteiger partial charge in [0.2, 0.25) is 0 Å². The molecule has 1 aliphatic heterocycles. The SMILES string of the molecule is CC1(C)c2ccccc2-c2ccc(N(c3ccc4c(c3)C3(c5ccccc5O4)c4ccccc4-c4ccccc43)c3cc(-c4ccccc4)c(-c4cccc5oc6ccccc6c45)cn3)cc21. The molecule has 0 saturated carbocycles. The normalized spacial score (nSPS) is 14.2. The number of rotatable bonds is 5. The minimum atomic E-state index is -0.626. The van der Waals surface area contributed by atoms with Crippen LogP contribution in [0.5, 0.6) is 11.5 Å². The van der Waals surface area contributed by atoms with Crippen LogP contribution in [0.1, 0.15) is 47.2 Å². The third-order valence-corrected chi connectivity index (χ3v) is 14.8. The Morgan fingerprint density at radius 2 is 0.970 bits per heavy atom. The summed E-state index contributed by atoms with van der Waals surface area (Å²) < 4.78 is 13.3. The van der Waals surface area contributed by atoms with E-state index in [9.17, 15) is 0 Å². The van der Waals surface area contributed by atoms with Gasteiger partial charge in [-0.05, 0) is 116 Å². The maximum Gasteiger partial charge on any atom is 0.138 e. The molecule has 0 atom stereocenters. The zero-order valence-electron chi connectivity index (χ0n) is 37.0. The van der Waals surface area contributed by atoms with Gasteiger partial charge < -0.3 is 9.15 Å². The fraction of sp³-hybridized carbons (Fsp3) is 0.0635. The molecule has 0 saturated heterocycles. The number of benzene rings is 9. The predicted molar refractivity (Wildman–Crippen MR) is 272 cm³/mol. The van der Waals surface area contributed by atoms with Crippen LogP contribution in [0.4, 0.5) is 17.2 Å². The number of pyridine rings is 1. The molecule has 11 aromatic rings. The maximum atomic E-state index is 6.92. The van der Waals surface area contributed by atoms with Crippen LogP contribution in [-0.4, -0.2) is 4.98 Å². The first-order valence-electron chi connectivity index (χ1n) is 23.1. The van der Waals surface area contributed by atoms with Crippen molar-refractivity contribution in [2.24, 2.45) is 0 Å². The Hall–Kier alpha value is -8.47. The van der Waals surface area contributed by atoms with Crippen molar-refractivity contribution in [2.45, 2.75) is 24.7 Å². The van der Waals surface area contributed by atoms with Crippen molar-refractivity contribution < 1.29 is 9.15 Å². The highest BCUT2D eigenvalue weighted by molar-refractivity contribution is 6.13. The number of hydrogen-bond acceptors (Lipinski definition) is 4. The van der Waals surface area contributed by atoms with Gasteiger partial charge in [-0.3, -0.25) is 4.90 Å².